The Balaban J connectivity index is 1.98. The number of rotatable bonds is 4. The molecule has 102 valence electrons. The van der Waals surface area contributed by atoms with Crippen molar-refractivity contribution in [3.05, 3.63) is 48.3 Å². The molecule has 1 aromatic carbocycles. The molecule has 0 N–H and O–H groups in total. The summed E-state index contributed by atoms with van der Waals surface area (Å²) in [5.74, 6) is -0.0306. The lowest BCUT2D eigenvalue weighted by Gasteiger charge is -2.21. The Morgan fingerprint density at radius 3 is 2.79 bits per heavy atom. The average Bonchev–Trinajstić information content (AvgIpc) is 2.57. The van der Waals surface area contributed by atoms with E-state index in [1.807, 2.05) is 6.07 Å². The Hall–Kier alpha value is -1.68. The van der Waals surface area contributed by atoms with Crippen LogP contribution in [-0.2, 0) is 11.3 Å². The monoisotopic (exact) mass is 262 g/mol. The summed E-state index contributed by atoms with van der Waals surface area (Å²) in [5.41, 5.74) is 0.687. The minimum atomic E-state index is -0.180. The summed E-state index contributed by atoms with van der Waals surface area (Å²) in [7, 11) is 0. The van der Waals surface area contributed by atoms with Crippen LogP contribution < -0.4 is 0 Å². The molecule has 0 aliphatic carbocycles. The normalized spacial score (nSPS) is 17.3. The lowest BCUT2D eigenvalue weighted by Crippen LogP contribution is -2.33. The lowest BCUT2D eigenvalue weighted by molar-refractivity contribution is -0.129. The minimum Gasteiger partial charge on any atom is -0.338 e. The number of amides is 1. The molecule has 0 atom stereocenters. The van der Waals surface area contributed by atoms with Crippen LogP contribution in [0.3, 0.4) is 0 Å². The fourth-order valence-electron chi connectivity index (χ4n) is 2.29. The summed E-state index contributed by atoms with van der Waals surface area (Å²) in [6.45, 7) is 6.94. The molecule has 0 spiro atoms. The molecule has 1 aliphatic heterocycles. The van der Waals surface area contributed by atoms with E-state index in [-0.39, 0.29) is 11.7 Å². The van der Waals surface area contributed by atoms with Crippen LogP contribution in [0.25, 0.3) is 0 Å². The highest BCUT2D eigenvalue weighted by Gasteiger charge is 2.20. The van der Waals surface area contributed by atoms with E-state index in [0.717, 1.165) is 6.54 Å². The van der Waals surface area contributed by atoms with Gasteiger partial charge >= 0.3 is 0 Å². The fraction of sp³-hybridized carbons (Fsp3) is 0.400. The number of halogens is 1. The zero-order valence-corrected chi connectivity index (χ0v) is 11.0. The molecule has 0 aromatic heterocycles. The number of hydrogen-bond donors (Lipinski definition) is 0. The Morgan fingerprint density at radius 2 is 2.05 bits per heavy atom. The van der Waals surface area contributed by atoms with Crippen LogP contribution in [0.5, 0.6) is 0 Å². The highest BCUT2D eigenvalue weighted by Crippen LogP contribution is 2.12. The van der Waals surface area contributed by atoms with E-state index in [1.54, 1.807) is 23.1 Å². The van der Waals surface area contributed by atoms with Crippen LogP contribution >= 0.6 is 0 Å². The predicted octanol–water partition coefficient (Wildman–Crippen LogP) is 2.05. The first-order chi connectivity index (χ1) is 9.20. The first kappa shape index (κ1) is 13.7. The molecule has 1 fully saturated rings. The van der Waals surface area contributed by atoms with Crippen molar-refractivity contribution in [3.8, 4) is 0 Å². The maximum Gasteiger partial charge on any atom is 0.224 e. The van der Waals surface area contributed by atoms with Crippen molar-refractivity contribution in [2.75, 3.05) is 26.2 Å². The van der Waals surface area contributed by atoms with Gasteiger partial charge in [-0.15, -0.1) is 6.58 Å². The number of nitrogens with zero attached hydrogens (tertiary/aromatic N) is 2. The second-order valence-corrected chi connectivity index (χ2v) is 4.75. The van der Waals surface area contributed by atoms with Gasteiger partial charge in [0.25, 0.3) is 0 Å². The molecule has 0 saturated carbocycles. The summed E-state index contributed by atoms with van der Waals surface area (Å²) in [5, 5.41) is 0. The van der Waals surface area contributed by atoms with Crippen molar-refractivity contribution in [1.29, 1.82) is 0 Å². The molecular weight excluding hydrogens is 243 g/mol. The second-order valence-electron chi connectivity index (χ2n) is 4.75. The largest absolute Gasteiger partial charge is 0.338 e. The van der Waals surface area contributed by atoms with E-state index in [2.05, 4.69) is 11.5 Å². The van der Waals surface area contributed by atoms with Gasteiger partial charge in [-0.05, 0) is 6.07 Å². The van der Waals surface area contributed by atoms with Crippen LogP contribution in [0, 0.1) is 5.82 Å². The van der Waals surface area contributed by atoms with Crippen molar-refractivity contribution in [2.24, 2.45) is 0 Å². The van der Waals surface area contributed by atoms with Crippen LogP contribution in [0.15, 0.2) is 36.9 Å². The predicted molar refractivity (Wildman–Crippen MR) is 73.1 cm³/mol. The summed E-state index contributed by atoms with van der Waals surface area (Å²) in [6, 6.07) is 6.80. The van der Waals surface area contributed by atoms with E-state index in [1.165, 1.54) is 6.07 Å². The van der Waals surface area contributed by atoms with Crippen molar-refractivity contribution in [3.63, 3.8) is 0 Å². The Bertz CT molecular complexity index is 461. The zero-order valence-electron chi connectivity index (χ0n) is 11.0. The molecule has 0 unspecified atom stereocenters. The standard InChI is InChI=1S/C15H19FN2O/c1-2-8-18-11-10-17(9-7-15(18)19)12-13-5-3-4-6-14(13)16/h2-6H,1,7-12H2. The first-order valence-corrected chi connectivity index (χ1v) is 6.55. The summed E-state index contributed by atoms with van der Waals surface area (Å²) >= 11 is 0. The fourth-order valence-corrected chi connectivity index (χ4v) is 2.29. The first-order valence-electron chi connectivity index (χ1n) is 6.55. The van der Waals surface area contributed by atoms with E-state index in [0.29, 0.717) is 38.2 Å². The molecule has 0 radical (unpaired) electrons. The zero-order chi connectivity index (χ0) is 13.7. The van der Waals surface area contributed by atoms with Crippen LogP contribution in [0.2, 0.25) is 0 Å². The number of benzene rings is 1. The van der Waals surface area contributed by atoms with Gasteiger partial charge in [0.2, 0.25) is 5.91 Å². The Kier molecular flexibility index (Phi) is 4.68. The minimum absolute atomic E-state index is 0.149. The molecule has 3 nitrogen and oxygen atoms in total. The lowest BCUT2D eigenvalue weighted by atomic mass is 10.2. The second kappa shape index (κ2) is 6.48. The van der Waals surface area contributed by atoms with E-state index in [9.17, 15) is 9.18 Å². The summed E-state index contributed by atoms with van der Waals surface area (Å²) < 4.78 is 13.6. The molecule has 1 aromatic rings. The highest BCUT2D eigenvalue weighted by atomic mass is 19.1. The third kappa shape index (κ3) is 3.64. The number of carbonyl (C=O) groups is 1. The molecule has 1 heterocycles. The molecule has 1 aliphatic rings. The van der Waals surface area contributed by atoms with Crippen molar-refractivity contribution in [2.45, 2.75) is 13.0 Å². The van der Waals surface area contributed by atoms with E-state index in [4.69, 9.17) is 0 Å². The van der Waals surface area contributed by atoms with Gasteiger partial charge in [0.05, 0.1) is 0 Å². The number of hydrogen-bond acceptors (Lipinski definition) is 2. The maximum atomic E-state index is 13.6. The highest BCUT2D eigenvalue weighted by molar-refractivity contribution is 5.76. The number of carbonyl (C=O) groups excluding carboxylic acids is 1. The van der Waals surface area contributed by atoms with Gasteiger partial charge in [-0.1, -0.05) is 24.3 Å². The van der Waals surface area contributed by atoms with Crippen LogP contribution in [0.4, 0.5) is 4.39 Å². The summed E-state index contributed by atoms with van der Waals surface area (Å²) in [4.78, 5) is 15.8. The van der Waals surface area contributed by atoms with Crippen LogP contribution in [0.1, 0.15) is 12.0 Å². The van der Waals surface area contributed by atoms with Gasteiger partial charge in [0, 0.05) is 44.7 Å². The molecule has 0 bridgehead atoms. The van der Waals surface area contributed by atoms with Gasteiger partial charge in [0.15, 0.2) is 0 Å². The average molecular weight is 262 g/mol. The van der Waals surface area contributed by atoms with Crippen LogP contribution in [-0.4, -0.2) is 41.9 Å². The molecule has 2 rings (SSSR count). The third-order valence-electron chi connectivity index (χ3n) is 3.38. The molecule has 4 heteroatoms. The van der Waals surface area contributed by atoms with Gasteiger partial charge in [-0.25, -0.2) is 4.39 Å². The third-order valence-corrected chi connectivity index (χ3v) is 3.38. The maximum absolute atomic E-state index is 13.6. The quantitative estimate of drug-likeness (QED) is 0.775. The molecule has 1 saturated heterocycles. The van der Waals surface area contributed by atoms with E-state index >= 15 is 0 Å². The SMILES string of the molecule is C=CCN1CCN(Cc2ccccc2F)CCC1=O. The van der Waals surface area contributed by atoms with Gasteiger partial charge in [0.1, 0.15) is 5.82 Å². The van der Waals surface area contributed by atoms with E-state index < -0.39 is 0 Å². The molecular formula is C15H19FN2O. The summed E-state index contributed by atoms with van der Waals surface area (Å²) in [6.07, 6.45) is 2.23. The van der Waals surface area contributed by atoms with Gasteiger partial charge in [-0.3, -0.25) is 9.69 Å². The van der Waals surface area contributed by atoms with Gasteiger partial charge < -0.3 is 4.90 Å². The van der Waals surface area contributed by atoms with Gasteiger partial charge in [-0.2, -0.15) is 0 Å². The van der Waals surface area contributed by atoms with Crippen molar-refractivity contribution >= 4 is 5.91 Å². The topological polar surface area (TPSA) is 23.6 Å². The molecule has 19 heavy (non-hydrogen) atoms. The smallest absolute Gasteiger partial charge is 0.224 e. The van der Waals surface area contributed by atoms with Crippen molar-refractivity contribution in [1.82, 2.24) is 9.80 Å². The Labute approximate surface area is 113 Å². The Morgan fingerprint density at radius 1 is 1.26 bits per heavy atom. The van der Waals surface area contributed by atoms with Crippen molar-refractivity contribution < 1.29 is 9.18 Å². The molecule has 1 amide bonds.